The highest BCUT2D eigenvalue weighted by Gasteiger charge is 2.09. The molecular weight excluding hydrogens is 429 g/mol. The average Bonchev–Trinajstić information content (AvgIpc) is 2.47. The summed E-state index contributed by atoms with van der Waals surface area (Å²) >= 11 is 5.57. The second-order valence-electron chi connectivity index (χ2n) is 4.47. The number of rotatable bonds is 5. The van der Waals surface area contributed by atoms with Gasteiger partial charge in [0.15, 0.2) is 0 Å². The Balaban J connectivity index is 1.82. The van der Waals surface area contributed by atoms with Gasteiger partial charge in [0.1, 0.15) is 0 Å². The highest BCUT2D eigenvalue weighted by Crippen LogP contribution is 2.18. The lowest BCUT2D eigenvalue weighted by Crippen LogP contribution is -2.25. The molecule has 0 aliphatic carbocycles. The summed E-state index contributed by atoms with van der Waals surface area (Å²) in [5.41, 5.74) is 2.03. The van der Waals surface area contributed by atoms with E-state index in [9.17, 15) is 4.79 Å². The molecule has 0 spiro atoms. The van der Waals surface area contributed by atoms with Crippen LogP contribution in [0.2, 0.25) is 0 Å². The van der Waals surface area contributed by atoms with Crippen LogP contribution in [-0.4, -0.2) is 12.5 Å². The van der Waals surface area contributed by atoms with E-state index >= 15 is 0 Å². The van der Waals surface area contributed by atoms with E-state index in [1.165, 1.54) is 5.56 Å². The van der Waals surface area contributed by atoms with Crippen LogP contribution >= 0.6 is 38.5 Å². The number of aryl methyl sites for hydroxylation is 1. The molecule has 20 heavy (non-hydrogen) atoms. The zero-order valence-electron chi connectivity index (χ0n) is 10.9. The van der Waals surface area contributed by atoms with E-state index in [-0.39, 0.29) is 5.91 Å². The molecule has 0 fully saturated rings. The second kappa shape index (κ2) is 7.78. The van der Waals surface area contributed by atoms with Crippen molar-refractivity contribution in [2.75, 3.05) is 6.54 Å². The molecule has 0 aliphatic rings. The Bertz CT molecular complexity index is 586. The Kier molecular flexibility index (Phi) is 6.04. The van der Waals surface area contributed by atoms with Crippen molar-refractivity contribution < 1.29 is 4.79 Å². The minimum Gasteiger partial charge on any atom is -0.352 e. The summed E-state index contributed by atoms with van der Waals surface area (Å²) in [6.07, 6.45) is 1.93. The van der Waals surface area contributed by atoms with E-state index in [1.807, 2.05) is 36.4 Å². The molecule has 1 amide bonds. The van der Waals surface area contributed by atoms with Gasteiger partial charge in [-0.05, 0) is 59.2 Å². The van der Waals surface area contributed by atoms with Crippen molar-refractivity contribution in [3.63, 3.8) is 0 Å². The summed E-state index contributed by atoms with van der Waals surface area (Å²) < 4.78 is 1.89. The van der Waals surface area contributed by atoms with Gasteiger partial charge in [-0.25, -0.2) is 0 Å². The number of carbonyl (C=O) groups excluding carboxylic acids is 1. The summed E-state index contributed by atoms with van der Waals surface area (Å²) in [6.45, 7) is 0.691. The number of carbonyl (C=O) groups is 1. The molecule has 0 saturated carbocycles. The molecule has 1 N–H and O–H groups in total. The minimum absolute atomic E-state index is 0.0104. The van der Waals surface area contributed by atoms with Gasteiger partial charge in [-0.3, -0.25) is 4.79 Å². The normalized spacial score (nSPS) is 10.3. The quantitative estimate of drug-likeness (QED) is 0.538. The molecular formula is C16H15BrINO. The van der Waals surface area contributed by atoms with Gasteiger partial charge in [-0.2, -0.15) is 0 Å². The lowest BCUT2D eigenvalue weighted by atomic mass is 10.1. The molecule has 0 unspecified atom stereocenters. The van der Waals surface area contributed by atoms with Gasteiger partial charge in [0.25, 0.3) is 5.91 Å². The fourth-order valence-corrected chi connectivity index (χ4v) is 2.85. The lowest BCUT2D eigenvalue weighted by Gasteiger charge is -2.07. The zero-order chi connectivity index (χ0) is 14.4. The summed E-state index contributed by atoms with van der Waals surface area (Å²) in [4.78, 5) is 12.1. The van der Waals surface area contributed by atoms with Crippen LogP contribution in [-0.2, 0) is 6.42 Å². The first kappa shape index (κ1) is 15.5. The Hall–Kier alpha value is -0.880. The van der Waals surface area contributed by atoms with E-state index in [0.29, 0.717) is 6.54 Å². The fraction of sp³-hybridized carbons (Fsp3) is 0.188. The molecule has 2 nitrogen and oxygen atoms in total. The van der Waals surface area contributed by atoms with E-state index < -0.39 is 0 Å². The maximum Gasteiger partial charge on any atom is 0.252 e. The second-order valence-corrected chi connectivity index (χ2v) is 6.55. The minimum atomic E-state index is -0.0104. The van der Waals surface area contributed by atoms with Crippen LogP contribution in [0, 0.1) is 3.57 Å². The zero-order valence-corrected chi connectivity index (χ0v) is 14.6. The van der Waals surface area contributed by atoms with Crippen LogP contribution in [0.15, 0.2) is 53.0 Å². The third-order valence-corrected chi connectivity index (χ3v) is 4.38. The molecule has 4 heteroatoms. The molecule has 2 aromatic rings. The average molecular weight is 444 g/mol. The Labute approximate surface area is 141 Å². The van der Waals surface area contributed by atoms with Gasteiger partial charge < -0.3 is 5.32 Å². The predicted octanol–water partition coefficient (Wildman–Crippen LogP) is 4.42. The number of hydrogen-bond donors (Lipinski definition) is 1. The lowest BCUT2D eigenvalue weighted by molar-refractivity contribution is 0.0952. The van der Waals surface area contributed by atoms with Crippen molar-refractivity contribution >= 4 is 44.4 Å². The summed E-state index contributed by atoms with van der Waals surface area (Å²) in [7, 11) is 0. The molecule has 0 saturated heterocycles. The predicted molar refractivity (Wildman–Crippen MR) is 94.0 cm³/mol. The number of hydrogen-bond acceptors (Lipinski definition) is 1. The van der Waals surface area contributed by atoms with Crippen molar-refractivity contribution in [2.24, 2.45) is 0 Å². The van der Waals surface area contributed by atoms with Crippen LogP contribution in [0.5, 0.6) is 0 Å². The van der Waals surface area contributed by atoms with Gasteiger partial charge in [0.2, 0.25) is 0 Å². The van der Waals surface area contributed by atoms with Crippen molar-refractivity contribution in [2.45, 2.75) is 12.8 Å². The number of nitrogens with one attached hydrogen (secondary N) is 1. The van der Waals surface area contributed by atoms with E-state index in [4.69, 9.17) is 0 Å². The van der Waals surface area contributed by atoms with Crippen LogP contribution < -0.4 is 5.32 Å². The summed E-state index contributed by atoms with van der Waals surface area (Å²) in [5, 5.41) is 2.97. The smallest absolute Gasteiger partial charge is 0.252 e. The molecule has 0 radical (unpaired) electrons. The molecule has 0 bridgehead atoms. The van der Waals surface area contributed by atoms with E-state index in [1.54, 1.807) is 0 Å². The molecule has 0 aromatic heterocycles. The SMILES string of the molecule is O=C(NCCCc1ccccc1)c1cc(Br)ccc1I. The maximum atomic E-state index is 12.1. The maximum absolute atomic E-state index is 12.1. The van der Waals surface area contributed by atoms with Gasteiger partial charge in [0, 0.05) is 14.6 Å². The summed E-state index contributed by atoms with van der Waals surface area (Å²) in [5.74, 6) is -0.0104. The van der Waals surface area contributed by atoms with Gasteiger partial charge in [-0.15, -0.1) is 0 Å². The topological polar surface area (TPSA) is 29.1 Å². The summed E-state index contributed by atoms with van der Waals surface area (Å²) in [6, 6.07) is 16.0. The fourth-order valence-electron chi connectivity index (χ4n) is 1.91. The molecule has 2 rings (SSSR count). The third kappa shape index (κ3) is 4.59. The van der Waals surface area contributed by atoms with E-state index in [2.05, 4.69) is 56.0 Å². The van der Waals surface area contributed by atoms with E-state index in [0.717, 1.165) is 26.4 Å². The molecule has 0 aliphatic heterocycles. The number of amides is 1. The van der Waals surface area contributed by atoms with Crippen molar-refractivity contribution in [3.8, 4) is 0 Å². The van der Waals surface area contributed by atoms with Gasteiger partial charge >= 0.3 is 0 Å². The van der Waals surface area contributed by atoms with Gasteiger partial charge in [-0.1, -0.05) is 46.3 Å². The largest absolute Gasteiger partial charge is 0.352 e. The Morgan fingerprint density at radius 2 is 1.90 bits per heavy atom. The van der Waals surface area contributed by atoms with Crippen LogP contribution in [0.25, 0.3) is 0 Å². The highest BCUT2D eigenvalue weighted by atomic mass is 127. The highest BCUT2D eigenvalue weighted by molar-refractivity contribution is 14.1. The third-order valence-electron chi connectivity index (χ3n) is 2.94. The molecule has 2 aromatic carbocycles. The molecule has 104 valence electrons. The first-order valence-corrected chi connectivity index (χ1v) is 8.31. The van der Waals surface area contributed by atoms with Crippen molar-refractivity contribution in [3.05, 3.63) is 67.7 Å². The number of halogens is 2. The number of benzene rings is 2. The van der Waals surface area contributed by atoms with Crippen molar-refractivity contribution in [1.29, 1.82) is 0 Å². The van der Waals surface area contributed by atoms with Crippen LogP contribution in [0.3, 0.4) is 0 Å². The van der Waals surface area contributed by atoms with Crippen LogP contribution in [0.4, 0.5) is 0 Å². The first-order valence-electron chi connectivity index (χ1n) is 6.44. The Morgan fingerprint density at radius 3 is 2.65 bits per heavy atom. The standard InChI is InChI=1S/C16H15BrINO/c17-13-8-9-15(18)14(11-13)16(20)19-10-4-7-12-5-2-1-3-6-12/h1-3,5-6,8-9,11H,4,7,10H2,(H,19,20). The van der Waals surface area contributed by atoms with Crippen molar-refractivity contribution in [1.82, 2.24) is 5.32 Å². The monoisotopic (exact) mass is 443 g/mol. The molecule has 0 atom stereocenters. The first-order chi connectivity index (χ1) is 9.66. The molecule has 0 heterocycles. The Morgan fingerprint density at radius 1 is 1.15 bits per heavy atom. The van der Waals surface area contributed by atoms with Crippen LogP contribution in [0.1, 0.15) is 22.3 Å². The van der Waals surface area contributed by atoms with Gasteiger partial charge in [0.05, 0.1) is 5.56 Å².